The standard InChI is InChI=1S/C11H14O/c1-2-6-10-8-4-5-9-11(12-10)7-3-1/h4-5,8-9H,1-3,6-7H2. The number of hydrogen-bond donors (Lipinski definition) is 0. The molecule has 1 saturated heterocycles. The summed E-state index contributed by atoms with van der Waals surface area (Å²) in [5.74, 6) is 2.27. The quantitative estimate of drug-likeness (QED) is 0.531. The number of rotatable bonds is 0. The van der Waals surface area contributed by atoms with E-state index in [0.717, 1.165) is 24.4 Å². The smallest absolute Gasteiger partial charge is 0.104 e. The summed E-state index contributed by atoms with van der Waals surface area (Å²) in [7, 11) is 0. The molecule has 0 radical (unpaired) electrons. The second kappa shape index (κ2) is 3.61. The Balaban J connectivity index is 2.18. The lowest BCUT2D eigenvalue weighted by atomic mass is 10.1. The molecule has 2 bridgehead atoms. The number of hydrogen-bond acceptors (Lipinski definition) is 1. The van der Waals surface area contributed by atoms with Gasteiger partial charge in [0.05, 0.1) is 0 Å². The number of fused-ring (bicyclic) bond motifs is 2. The lowest BCUT2D eigenvalue weighted by Gasteiger charge is -2.15. The molecule has 0 aromatic carbocycles. The first kappa shape index (κ1) is 7.66. The van der Waals surface area contributed by atoms with Crippen LogP contribution in [0.2, 0.25) is 0 Å². The van der Waals surface area contributed by atoms with Gasteiger partial charge in [0.15, 0.2) is 0 Å². The maximum atomic E-state index is 5.71. The van der Waals surface area contributed by atoms with Crippen LogP contribution in [0.1, 0.15) is 32.1 Å². The Hall–Kier alpha value is -0.980. The third-order valence-electron chi connectivity index (χ3n) is 2.28. The van der Waals surface area contributed by atoms with Crippen LogP contribution in [0, 0.1) is 0 Å². The third-order valence-corrected chi connectivity index (χ3v) is 2.28. The highest BCUT2D eigenvalue weighted by Crippen LogP contribution is 2.24. The highest BCUT2D eigenvalue weighted by Gasteiger charge is 2.08. The summed E-state index contributed by atoms with van der Waals surface area (Å²) >= 11 is 0. The molecule has 0 amide bonds. The Kier molecular flexibility index (Phi) is 2.31. The van der Waals surface area contributed by atoms with Crippen LogP contribution in [0.25, 0.3) is 0 Å². The van der Waals surface area contributed by atoms with E-state index in [2.05, 4.69) is 24.3 Å². The van der Waals surface area contributed by atoms with Crippen LogP contribution in [0.5, 0.6) is 0 Å². The van der Waals surface area contributed by atoms with Gasteiger partial charge in [0.25, 0.3) is 0 Å². The molecule has 0 aromatic rings. The molecule has 64 valence electrons. The van der Waals surface area contributed by atoms with Crippen molar-refractivity contribution < 1.29 is 4.74 Å². The van der Waals surface area contributed by atoms with Crippen molar-refractivity contribution >= 4 is 0 Å². The van der Waals surface area contributed by atoms with Crippen LogP contribution in [0.15, 0.2) is 35.8 Å². The molecule has 2 rings (SSSR count). The van der Waals surface area contributed by atoms with Crippen LogP contribution >= 0.6 is 0 Å². The normalized spacial score (nSPS) is 22.7. The highest BCUT2D eigenvalue weighted by molar-refractivity contribution is 5.21. The molecule has 0 aliphatic carbocycles. The zero-order chi connectivity index (χ0) is 8.23. The van der Waals surface area contributed by atoms with Gasteiger partial charge in [-0.2, -0.15) is 0 Å². The Labute approximate surface area is 73.4 Å². The van der Waals surface area contributed by atoms with Crippen LogP contribution in [0.4, 0.5) is 0 Å². The van der Waals surface area contributed by atoms with E-state index in [1.807, 2.05) is 0 Å². The molecule has 1 heteroatoms. The molecule has 0 unspecified atom stereocenters. The molecule has 1 fully saturated rings. The first-order valence-corrected chi connectivity index (χ1v) is 4.69. The molecular weight excluding hydrogens is 148 g/mol. The maximum Gasteiger partial charge on any atom is 0.104 e. The fraction of sp³-hybridized carbons (Fsp3) is 0.455. The van der Waals surface area contributed by atoms with Crippen molar-refractivity contribution in [1.29, 1.82) is 0 Å². The van der Waals surface area contributed by atoms with E-state index >= 15 is 0 Å². The average Bonchev–Trinajstić information content (AvgIpc) is 2.25. The predicted octanol–water partition coefficient (Wildman–Crippen LogP) is 3.30. The minimum Gasteiger partial charge on any atom is -0.466 e. The second-order valence-corrected chi connectivity index (χ2v) is 3.31. The van der Waals surface area contributed by atoms with E-state index in [4.69, 9.17) is 4.74 Å². The van der Waals surface area contributed by atoms with Gasteiger partial charge in [0.1, 0.15) is 11.5 Å². The SMILES string of the molecule is C1=CC=C2CCCCCC(=C1)O2. The van der Waals surface area contributed by atoms with Gasteiger partial charge in [0, 0.05) is 12.8 Å². The molecule has 1 nitrogen and oxygen atoms in total. The van der Waals surface area contributed by atoms with E-state index in [-0.39, 0.29) is 0 Å². The fourth-order valence-electron chi connectivity index (χ4n) is 1.61. The van der Waals surface area contributed by atoms with Gasteiger partial charge in [-0.05, 0) is 25.0 Å². The number of ether oxygens (including phenoxy) is 1. The van der Waals surface area contributed by atoms with Gasteiger partial charge in [-0.1, -0.05) is 18.6 Å². The topological polar surface area (TPSA) is 9.23 Å². The summed E-state index contributed by atoms with van der Waals surface area (Å²) in [5.41, 5.74) is 0. The van der Waals surface area contributed by atoms with Crippen molar-refractivity contribution in [2.45, 2.75) is 32.1 Å². The second-order valence-electron chi connectivity index (χ2n) is 3.31. The molecule has 2 aliphatic heterocycles. The summed E-state index contributed by atoms with van der Waals surface area (Å²) < 4.78 is 5.71. The van der Waals surface area contributed by atoms with Gasteiger partial charge in [-0.3, -0.25) is 0 Å². The van der Waals surface area contributed by atoms with E-state index < -0.39 is 0 Å². The third kappa shape index (κ3) is 1.79. The molecule has 0 atom stereocenters. The van der Waals surface area contributed by atoms with E-state index in [1.54, 1.807) is 0 Å². The largest absolute Gasteiger partial charge is 0.466 e. The minimum atomic E-state index is 1.10. The van der Waals surface area contributed by atoms with Crippen molar-refractivity contribution in [1.82, 2.24) is 0 Å². The molecule has 12 heavy (non-hydrogen) atoms. The summed E-state index contributed by atoms with van der Waals surface area (Å²) in [5, 5.41) is 0. The molecule has 2 heterocycles. The lowest BCUT2D eigenvalue weighted by Crippen LogP contribution is -1.97. The first-order chi connectivity index (χ1) is 5.95. The van der Waals surface area contributed by atoms with Gasteiger partial charge in [-0.15, -0.1) is 0 Å². The molecule has 0 N–H and O–H groups in total. The van der Waals surface area contributed by atoms with E-state index in [0.29, 0.717) is 0 Å². The van der Waals surface area contributed by atoms with E-state index in [1.165, 1.54) is 19.3 Å². The lowest BCUT2D eigenvalue weighted by molar-refractivity contribution is 0.260. The van der Waals surface area contributed by atoms with Crippen LogP contribution in [0.3, 0.4) is 0 Å². The van der Waals surface area contributed by atoms with Crippen LogP contribution < -0.4 is 0 Å². The van der Waals surface area contributed by atoms with Crippen molar-refractivity contribution in [2.24, 2.45) is 0 Å². The van der Waals surface area contributed by atoms with Gasteiger partial charge in [-0.25, -0.2) is 0 Å². The van der Waals surface area contributed by atoms with Crippen molar-refractivity contribution in [2.75, 3.05) is 0 Å². The molecule has 0 saturated carbocycles. The van der Waals surface area contributed by atoms with Crippen LogP contribution in [-0.2, 0) is 4.74 Å². The Bertz CT molecular complexity index is 222. The summed E-state index contributed by atoms with van der Waals surface area (Å²) in [4.78, 5) is 0. The van der Waals surface area contributed by atoms with Gasteiger partial charge in [0.2, 0.25) is 0 Å². The maximum absolute atomic E-state index is 5.71. The van der Waals surface area contributed by atoms with Crippen molar-refractivity contribution in [3.63, 3.8) is 0 Å². The molecular formula is C11H14O. The highest BCUT2D eigenvalue weighted by atomic mass is 16.5. The average molecular weight is 162 g/mol. The first-order valence-electron chi connectivity index (χ1n) is 4.69. The Morgan fingerprint density at radius 1 is 0.833 bits per heavy atom. The fourth-order valence-corrected chi connectivity index (χ4v) is 1.61. The minimum absolute atomic E-state index is 1.10. The van der Waals surface area contributed by atoms with Gasteiger partial charge >= 0.3 is 0 Å². The van der Waals surface area contributed by atoms with Crippen molar-refractivity contribution in [3.8, 4) is 0 Å². The summed E-state index contributed by atoms with van der Waals surface area (Å²) in [6.07, 6.45) is 14.4. The summed E-state index contributed by atoms with van der Waals surface area (Å²) in [6.45, 7) is 0. The predicted molar refractivity (Wildman–Crippen MR) is 49.5 cm³/mol. The Morgan fingerprint density at radius 3 is 2.00 bits per heavy atom. The molecule has 2 aliphatic rings. The van der Waals surface area contributed by atoms with E-state index in [9.17, 15) is 0 Å². The zero-order valence-electron chi connectivity index (χ0n) is 7.25. The monoisotopic (exact) mass is 162 g/mol. The van der Waals surface area contributed by atoms with Crippen molar-refractivity contribution in [3.05, 3.63) is 35.8 Å². The molecule has 0 aromatic heterocycles. The zero-order valence-corrected chi connectivity index (χ0v) is 7.25. The molecule has 0 spiro atoms. The number of allylic oxidation sites excluding steroid dienone is 6. The summed E-state index contributed by atoms with van der Waals surface area (Å²) in [6, 6.07) is 0. The Morgan fingerprint density at radius 2 is 1.42 bits per heavy atom. The van der Waals surface area contributed by atoms with Gasteiger partial charge < -0.3 is 4.74 Å². The van der Waals surface area contributed by atoms with Crippen LogP contribution in [-0.4, -0.2) is 0 Å².